The molecule has 1 fully saturated rings. The Labute approximate surface area is 174 Å². The number of benzene rings is 1. The van der Waals surface area contributed by atoms with E-state index in [1.807, 2.05) is 0 Å². The Morgan fingerprint density at radius 3 is 2.71 bits per heavy atom. The highest BCUT2D eigenvalue weighted by Crippen LogP contribution is 2.29. The van der Waals surface area contributed by atoms with Crippen LogP contribution < -0.4 is 11.2 Å². The number of Topliss-reactive ketones (excluding diaryl/α,β-unsaturated/α-hetero) is 1. The summed E-state index contributed by atoms with van der Waals surface area (Å²) in [4.78, 5) is 70.7. The summed E-state index contributed by atoms with van der Waals surface area (Å²) in [6.07, 6.45) is 0.436. The number of aromatic amines is 1. The largest absolute Gasteiger partial charge is 0.694 e. The van der Waals surface area contributed by atoms with Gasteiger partial charge in [0.15, 0.2) is 11.6 Å². The van der Waals surface area contributed by atoms with Crippen molar-refractivity contribution in [1.82, 2.24) is 9.55 Å². The van der Waals surface area contributed by atoms with Gasteiger partial charge in [0.2, 0.25) is 0 Å². The second kappa shape index (κ2) is 9.31. The average Bonchev–Trinajstić information content (AvgIpc) is 3.20. The number of ether oxygens (including phenoxy) is 1. The highest BCUT2D eigenvalue weighted by molar-refractivity contribution is 7.32. The molecule has 0 spiro atoms. The molecule has 12 nitrogen and oxygen atoms in total. The van der Waals surface area contributed by atoms with Crippen molar-refractivity contribution in [3.63, 3.8) is 0 Å². The number of nitrogens with zero attached hydrogens (tertiary/aromatic N) is 2. The molecule has 13 heteroatoms. The summed E-state index contributed by atoms with van der Waals surface area (Å²) in [6.45, 7) is 1.08. The van der Waals surface area contributed by atoms with E-state index in [-0.39, 0.29) is 29.0 Å². The Hall–Kier alpha value is -3.18. The molecule has 1 saturated heterocycles. The quantitative estimate of drug-likeness (QED) is 0.345. The molecule has 0 saturated carbocycles. The first-order valence-electron chi connectivity index (χ1n) is 9.04. The van der Waals surface area contributed by atoms with Crippen LogP contribution in [0.4, 0.5) is 5.69 Å². The minimum absolute atomic E-state index is 0.0303. The number of hydrogen-bond acceptors (Lipinski definition) is 9. The van der Waals surface area contributed by atoms with Gasteiger partial charge in [0.05, 0.1) is 6.10 Å². The molecular weight excluding hydrogens is 433 g/mol. The van der Waals surface area contributed by atoms with Gasteiger partial charge >= 0.3 is 13.9 Å². The normalized spacial score (nSPS) is 18.6. The third-order valence-corrected chi connectivity index (χ3v) is 5.09. The maximum Gasteiger partial charge on any atom is 0.694 e. The van der Waals surface area contributed by atoms with Gasteiger partial charge in [0.25, 0.3) is 5.56 Å². The predicted octanol–water partition coefficient (Wildman–Crippen LogP) is 1.71. The molecule has 2 N–H and O–H groups in total. The fraction of sp³-hybridized carbons (Fsp3) is 0.333. The van der Waals surface area contributed by atoms with E-state index < -0.39 is 43.4 Å². The first kappa shape index (κ1) is 22.5. The van der Waals surface area contributed by atoms with Crippen molar-refractivity contribution in [3.05, 3.63) is 66.8 Å². The van der Waals surface area contributed by atoms with Crippen molar-refractivity contribution in [3.8, 4) is 0 Å². The molecule has 1 aromatic heterocycles. The van der Waals surface area contributed by atoms with Crippen molar-refractivity contribution < 1.29 is 28.3 Å². The predicted molar refractivity (Wildman–Crippen MR) is 106 cm³/mol. The molecule has 0 radical (unpaired) electrons. The number of hydrogen-bond donors (Lipinski definition) is 2. The van der Waals surface area contributed by atoms with Crippen molar-refractivity contribution in [1.29, 1.82) is 0 Å². The van der Waals surface area contributed by atoms with Crippen molar-refractivity contribution in [2.75, 3.05) is 6.61 Å². The molecule has 3 rings (SSSR count). The number of aromatic nitrogens is 2. The molecule has 2 aromatic rings. The van der Waals surface area contributed by atoms with Gasteiger partial charge in [-0.25, -0.2) is 4.79 Å². The molecule has 0 amide bonds. The monoisotopic (exact) mass is 450 g/mol. The number of H-pyrrole nitrogens is 1. The van der Waals surface area contributed by atoms with Gasteiger partial charge in [-0.15, -0.1) is 14.3 Å². The Balaban J connectivity index is 1.91. The minimum Gasteiger partial charge on any atom is -0.352 e. The first-order valence-corrected chi connectivity index (χ1v) is 10.2. The SMILES string of the molecule is CC(=O)c1ccc(C(=O)c2cn(C3CC[C@@H](CO[P+](=O)O)O3)c(=O)[nH]c2=O)cc1N=O. The summed E-state index contributed by atoms with van der Waals surface area (Å²) in [5.41, 5.74) is -2.40. The Morgan fingerprint density at radius 2 is 2.06 bits per heavy atom. The lowest BCUT2D eigenvalue weighted by molar-refractivity contribution is -0.0204. The Morgan fingerprint density at radius 1 is 1.32 bits per heavy atom. The van der Waals surface area contributed by atoms with E-state index in [1.54, 1.807) is 0 Å². The smallest absolute Gasteiger partial charge is 0.352 e. The maximum atomic E-state index is 12.9. The molecular formula is C18H17N3O9P+. The highest BCUT2D eigenvalue weighted by Gasteiger charge is 2.31. The molecule has 0 bridgehead atoms. The van der Waals surface area contributed by atoms with E-state index in [0.717, 1.165) is 16.8 Å². The van der Waals surface area contributed by atoms with E-state index in [4.69, 9.17) is 9.63 Å². The molecule has 1 aliphatic heterocycles. The standard InChI is InChI=1S/C18H16N3O9P/c1-9(22)12-4-2-10(6-14(12)20-26)16(23)13-7-21(18(25)19-17(13)24)15-5-3-11(30-15)8-29-31(27)28/h2,4,6-7,11,15H,3,5,8H2,1H3,(H-,19,24,25,27,28)/p+1/t11-,15?/m0/s1. The number of carbonyl (C=O) groups excluding carboxylic acids is 2. The number of nitroso groups, excluding NO2 is 1. The molecule has 2 heterocycles. The van der Waals surface area contributed by atoms with Crippen LogP contribution >= 0.6 is 8.25 Å². The van der Waals surface area contributed by atoms with Gasteiger partial charge < -0.3 is 4.74 Å². The Kier molecular flexibility index (Phi) is 6.76. The lowest BCUT2D eigenvalue weighted by Gasteiger charge is -2.15. The zero-order valence-corrected chi connectivity index (χ0v) is 17.0. The van der Waals surface area contributed by atoms with Crippen LogP contribution in [0.25, 0.3) is 0 Å². The van der Waals surface area contributed by atoms with Crippen LogP contribution in [0, 0.1) is 4.91 Å². The highest BCUT2D eigenvalue weighted by atomic mass is 31.1. The number of ketones is 2. The van der Waals surface area contributed by atoms with Gasteiger partial charge in [0, 0.05) is 21.9 Å². The number of rotatable bonds is 8. The zero-order valence-electron chi connectivity index (χ0n) is 16.1. The van der Waals surface area contributed by atoms with Crippen molar-refractivity contribution in [2.24, 2.45) is 5.18 Å². The molecule has 0 aliphatic carbocycles. The topological polar surface area (TPSA) is 174 Å². The van der Waals surface area contributed by atoms with Crippen LogP contribution in [-0.2, 0) is 13.8 Å². The fourth-order valence-electron chi connectivity index (χ4n) is 3.22. The van der Waals surface area contributed by atoms with Crippen LogP contribution in [-0.4, -0.2) is 38.7 Å². The summed E-state index contributed by atoms with van der Waals surface area (Å²) in [5, 5.41) is 2.75. The summed E-state index contributed by atoms with van der Waals surface area (Å²) < 4.78 is 21.9. The summed E-state index contributed by atoms with van der Waals surface area (Å²) in [5.74, 6) is -1.20. The van der Waals surface area contributed by atoms with E-state index in [0.29, 0.717) is 12.8 Å². The number of carbonyl (C=O) groups is 2. The van der Waals surface area contributed by atoms with Crippen molar-refractivity contribution >= 4 is 25.5 Å². The van der Waals surface area contributed by atoms with E-state index in [2.05, 4.69) is 14.7 Å². The van der Waals surface area contributed by atoms with Crippen LogP contribution in [0.2, 0.25) is 0 Å². The molecule has 31 heavy (non-hydrogen) atoms. The molecule has 1 aromatic carbocycles. The van der Waals surface area contributed by atoms with Gasteiger partial charge in [-0.1, -0.05) is 6.07 Å². The van der Waals surface area contributed by atoms with Crippen LogP contribution in [0.5, 0.6) is 0 Å². The second-order valence-electron chi connectivity index (χ2n) is 6.74. The number of nitrogens with one attached hydrogen (secondary N) is 1. The zero-order chi connectivity index (χ0) is 22.7. The summed E-state index contributed by atoms with van der Waals surface area (Å²) in [7, 11) is -2.79. The lowest BCUT2D eigenvalue weighted by Crippen LogP contribution is -2.35. The van der Waals surface area contributed by atoms with E-state index in [1.165, 1.54) is 19.1 Å². The minimum atomic E-state index is -2.79. The van der Waals surface area contributed by atoms with Gasteiger partial charge in [-0.2, -0.15) is 0 Å². The molecule has 2 unspecified atom stereocenters. The van der Waals surface area contributed by atoms with Crippen molar-refractivity contribution in [2.45, 2.75) is 32.1 Å². The Bertz CT molecular complexity index is 1190. The lowest BCUT2D eigenvalue weighted by atomic mass is 10.0. The van der Waals surface area contributed by atoms with Gasteiger partial charge in [0.1, 0.15) is 24.1 Å². The molecule has 3 atom stereocenters. The fourth-order valence-corrected chi connectivity index (χ4v) is 3.52. The molecule has 1 aliphatic rings. The summed E-state index contributed by atoms with van der Waals surface area (Å²) in [6, 6.07) is 3.63. The van der Waals surface area contributed by atoms with E-state index >= 15 is 0 Å². The van der Waals surface area contributed by atoms with Gasteiger partial charge in [-0.3, -0.25) is 23.9 Å². The first-order chi connectivity index (χ1) is 14.7. The van der Waals surface area contributed by atoms with Crippen LogP contribution in [0.3, 0.4) is 0 Å². The molecule has 162 valence electrons. The second-order valence-corrected chi connectivity index (χ2v) is 7.48. The third kappa shape index (κ3) is 4.94. The van der Waals surface area contributed by atoms with Crippen LogP contribution in [0.1, 0.15) is 52.3 Å². The van der Waals surface area contributed by atoms with Gasteiger partial charge in [-0.05, 0) is 37.1 Å². The van der Waals surface area contributed by atoms with E-state index in [9.17, 15) is 28.7 Å². The average molecular weight is 450 g/mol. The maximum absolute atomic E-state index is 12.9. The summed E-state index contributed by atoms with van der Waals surface area (Å²) >= 11 is 0. The van der Waals surface area contributed by atoms with Crippen LogP contribution in [0.15, 0.2) is 39.2 Å². The third-order valence-electron chi connectivity index (χ3n) is 4.72.